The van der Waals surface area contributed by atoms with Crippen LogP contribution < -0.4 is 10.3 Å². The Morgan fingerprint density at radius 2 is 1.80 bits per heavy atom. The van der Waals surface area contributed by atoms with Crippen molar-refractivity contribution in [3.05, 3.63) is 11.9 Å². The highest BCUT2D eigenvalue weighted by Gasteiger charge is 2.29. The van der Waals surface area contributed by atoms with Crippen LogP contribution in [0.1, 0.15) is 19.7 Å². The second kappa shape index (κ2) is 7.40. The van der Waals surface area contributed by atoms with Gasteiger partial charge in [-0.3, -0.25) is 9.05 Å². The average Bonchev–Trinajstić information content (AvgIpc) is 2.26. The van der Waals surface area contributed by atoms with Gasteiger partial charge in [-0.25, -0.2) is 4.98 Å². The molecule has 0 aliphatic rings. The van der Waals surface area contributed by atoms with E-state index in [4.69, 9.17) is 65.9 Å². The van der Waals surface area contributed by atoms with E-state index in [0.29, 0.717) is 13.2 Å². The molecule has 0 saturated heterocycles. The lowest BCUT2D eigenvalue weighted by Gasteiger charge is -2.21. The molecule has 0 fully saturated rings. The molecule has 11 heteroatoms. The predicted molar refractivity (Wildman–Crippen MR) is 83.8 cm³/mol. The molecule has 0 bridgehead atoms. The van der Waals surface area contributed by atoms with E-state index in [0.717, 1.165) is 0 Å². The van der Waals surface area contributed by atoms with Gasteiger partial charge in [0.15, 0.2) is 5.82 Å². The molecule has 0 atom stereocenters. The molecule has 0 unspecified atom stereocenters. The Bertz CT molecular complexity index is 505. The summed E-state index contributed by atoms with van der Waals surface area (Å²) in [5.41, 5.74) is 5.61. The van der Waals surface area contributed by atoms with Gasteiger partial charge in [-0.05, 0) is 13.8 Å². The first-order valence-electron chi connectivity index (χ1n) is 5.50. The number of aromatic nitrogens is 2. The number of hydrogen-bond donors (Lipinski definition) is 1. The Balaban J connectivity index is 3.07. The zero-order valence-corrected chi connectivity index (χ0v) is 14.7. The summed E-state index contributed by atoms with van der Waals surface area (Å²) in [6.07, 6.45) is 0. The normalized spacial score (nSPS) is 12.4. The Morgan fingerprint density at radius 3 is 2.25 bits per heavy atom. The lowest BCUT2D eigenvalue weighted by atomic mass is 10.5. The molecule has 0 aliphatic heterocycles. The highest BCUT2D eigenvalue weighted by molar-refractivity contribution is 8.07. The maximum absolute atomic E-state index is 5.71. The molecule has 1 rings (SSSR count). The maximum Gasteiger partial charge on any atom is 0.381 e. The van der Waals surface area contributed by atoms with E-state index in [1.807, 2.05) is 0 Å². The molecular weight excluding hydrogens is 368 g/mol. The van der Waals surface area contributed by atoms with Gasteiger partial charge in [-0.1, -0.05) is 34.8 Å². The number of rotatable bonds is 6. The zero-order chi connectivity index (χ0) is 15.4. The van der Waals surface area contributed by atoms with Crippen LogP contribution in [0.4, 0.5) is 5.82 Å². The van der Waals surface area contributed by atoms with Crippen molar-refractivity contribution < 1.29 is 13.6 Å². The van der Waals surface area contributed by atoms with Gasteiger partial charge < -0.3 is 10.3 Å². The number of alkyl halides is 3. The third kappa shape index (κ3) is 5.48. The van der Waals surface area contributed by atoms with Gasteiger partial charge in [0.2, 0.25) is 9.67 Å². The third-order valence-electron chi connectivity index (χ3n) is 1.76. The van der Waals surface area contributed by atoms with E-state index in [1.54, 1.807) is 13.8 Å². The number of halogens is 3. The van der Waals surface area contributed by atoms with Crippen LogP contribution in [0.25, 0.3) is 0 Å². The molecular formula is C9H13Cl3N3O3PS. The van der Waals surface area contributed by atoms with E-state index in [2.05, 4.69) is 9.97 Å². The zero-order valence-electron chi connectivity index (χ0n) is 10.7. The molecule has 0 amide bonds. The van der Waals surface area contributed by atoms with Crippen molar-refractivity contribution in [1.29, 1.82) is 0 Å². The summed E-state index contributed by atoms with van der Waals surface area (Å²) in [4.78, 5) is 7.76. The number of nitrogens with two attached hydrogens (primary N) is 1. The maximum atomic E-state index is 5.71. The van der Waals surface area contributed by atoms with E-state index in [9.17, 15) is 0 Å². The summed E-state index contributed by atoms with van der Waals surface area (Å²) in [5, 5.41) is 0. The van der Waals surface area contributed by atoms with Gasteiger partial charge in [0, 0.05) is 17.9 Å². The fraction of sp³-hybridized carbons (Fsp3) is 0.556. The van der Waals surface area contributed by atoms with Crippen molar-refractivity contribution in [3.8, 4) is 5.88 Å². The second-order valence-corrected chi connectivity index (χ2v) is 8.54. The fourth-order valence-electron chi connectivity index (χ4n) is 1.14. The lowest BCUT2D eigenvalue weighted by molar-refractivity contribution is 0.216. The predicted octanol–water partition coefficient (Wildman–Crippen LogP) is 3.56. The Labute approximate surface area is 137 Å². The van der Waals surface area contributed by atoms with Gasteiger partial charge in [0.1, 0.15) is 5.82 Å². The molecule has 2 N–H and O–H groups in total. The molecule has 114 valence electrons. The summed E-state index contributed by atoms with van der Waals surface area (Å²) in [6, 6.07) is 1.35. The third-order valence-corrected chi connectivity index (χ3v) is 4.68. The number of hydrogen-bond acceptors (Lipinski definition) is 7. The Hall–Kier alpha value is 0.120. The van der Waals surface area contributed by atoms with Crippen molar-refractivity contribution >= 4 is 59.1 Å². The molecule has 20 heavy (non-hydrogen) atoms. The van der Waals surface area contributed by atoms with Gasteiger partial charge in [0.05, 0.1) is 13.2 Å². The van der Waals surface area contributed by atoms with E-state index >= 15 is 0 Å². The molecule has 1 aromatic heterocycles. The number of nitrogen functional groups attached to an aromatic ring is 1. The first-order chi connectivity index (χ1) is 9.20. The van der Waals surface area contributed by atoms with Crippen LogP contribution in [-0.4, -0.2) is 23.2 Å². The van der Waals surface area contributed by atoms with E-state index in [1.165, 1.54) is 6.07 Å². The van der Waals surface area contributed by atoms with Crippen molar-refractivity contribution in [1.82, 2.24) is 9.97 Å². The van der Waals surface area contributed by atoms with Gasteiger partial charge >= 0.3 is 6.72 Å². The molecule has 1 aromatic rings. The summed E-state index contributed by atoms with van der Waals surface area (Å²) in [7, 11) is 0. The number of nitrogens with zero attached hydrogens (tertiary/aromatic N) is 2. The van der Waals surface area contributed by atoms with E-state index in [-0.39, 0.29) is 17.5 Å². The highest BCUT2D eigenvalue weighted by atomic mass is 35.6. The van der Waals surface area contributed by atoms with Crippen LogP contribution in [0.15, 0.2) is 6.07 Å². The van der Waals surface area contributed by atoms with Crippen LogP contribution in [0.3, 0.4) is 0 Å². The summed E-state index contributed by atoms with van der Waals surface area (Å²) in [5.74, 6) is -0.0121. The van der Waals surface area contributed by atoms with Crippen LogP contribution in [0.5, 0.6) is 5.88 Å². The standard InChI is InChI=1S/C9H13Cl3N3O3PS/c1-3-16-19(20,17-4-2)18-7-5-6(13)14-8(15-7)9(10,11)12/h5H,3-4H2,1-2H3,(H2,13,14,15). The summed E-state index contributed by atoms with van der Waals surface area (Å²) in [6.45, 7) is 1.22. The van der Waals surface area contributed by atoms with Gasteiger partial charge in [-0.15, -0.1) is 0 Å². The topological polar surface area (TPSA) is 79.5 Å². The lowest BCUT2D eigenvalue weighted by Crippen LogP contribution is -2.11. The van der Waals surface area contributed by atoms with Crippen molar-refractivity contribution in [2.75, 3.05) is 18.9 Å². The van der Waals surface area contributed by atoms with Crippen LogP contribution in [-0.2, 0) is 24.6 Å². The SMILES string of the molecule is CCOP(=S)(OCC)Oc1cc(N)nc(C(Cl)(Cl)Cl)n1. The largest absolute Gasteiger partial charge is 0.405 e. The van der Waals surface area contributed by atoms with Crippen molar-refractivity contribution in [2.24, 2.45) is 0 Å². The van der Waals surface area contributed by atoms with Crippen LogP contribution in [0.2, 0.25) is 0 Å². The number of anilines is 1. The fourth-order valence-corrected chi connectivity index (χ4v) is 3.39. The average molecular weight is 381 g/mol. The minimum Gasteiger partial charge on any atom is -0.405 e. The van der Waals surface area contributed by atoms with E-state index < -0.39 is 10.5 Å². The molecule has 0 aromatic carbocycles. The first kappa shape index (κ1) is 18.2. The van der Waals surface area contributed by atoms with Gasteiger partial charge in [-0.2, -0.15) is 4.98 Å². The summed E-state index contributed by atoms with van der Waals surface area (Å²) < 4.78 is 14.3. The molecule has 1 heterocycles. The smallest absolute Gasteiger partial charge is 0.381 e. The molecule has 6 nitrogen and oxygen atoms in total. The van der Waals surface area contributed by atoms with Gasteiger partial charge in [0.25, 0.3) is 0 Å². The quantitative estimate of drug-likeness (QED) is 0.597. The Kier molecular flexibility index (Phi) is 6.73. The minimum absolute atomic E-state index is 0.0315. The van der Waals surface area contributed by atoms with Crippen molar-refractivity contribution in [3.63, 3.8) is 0 Å². The monoisotopic (exact) mass is 379 g/mol. The second-order valence-electron chi connectivity index (χ2n) is 3.33. The highest BCUT2D eigenvalue weighted by Crippen LogP contribution is 2.49. The Morgan fingerprint density at radius 1 is 1.25 bits per heavy atom. The molecule has 0 aliphatic carbocycles. The van der Waals surface area contributed by atoms with Crippen LogP contribution >= 0.6 is 41.5 Å². The molecule has 0 radical (unpaired) electrons. The van der Waals surface area contributed by atoms with Crippen molar-refractivity contribution in [2.45, 2.75) is 17.6 Å². The molecule has 0 saturated carbocycles. The van der Waals surface area contributed by atoms with Crippen LogP contribution in [0, 0.1) is 0 Å². The molecule has 0 spiro atoms. The first-order valence-corrected chi connectivity index (χ1v) is 9.19. The summed E-state index contributed by atoms with van der Waals surface area (Å²) >= 11 is 22.3. The minimum atomic E-state index is -2.97.